The van der Waals surface area contributed by atoms with Crippen LogP contribution in [0.3, 0.4) is 0 Å². The predicted molar refractivity (Wildman–Crippen MR) is 114 cm³/mol. The van der Waals surface area contributed by atoms with Crippen LogP contribution in [-0.4, -0.2) is 45.9 Å². The third kappa shape index (κ3) is 5.94. The zero-order chi connectivity index (χ0) is 20.6. The number of amides is 1. The second kappa shape index (κ2) is 10.3. The van der Waals surface area contributed by atoms with Crippen LogP contribution >= 0.6 is 11.6 Å². The van der Waals surface area contributed by atoms with Gasteiger partial charge in [0, 0.05) is 30.6 Å². The van der Waals surface area contributed by atoms with Gasteiger partial charge < -0.3 is 24.4 Å². The fourth-order valence-electron chi connectivity index (χ4n) is 3.40. The van der Waals surface area contributed by atoms with E-state index in [1.54, 1.807) is 14.2 Å². The number of ether oxygens (including phenoxy) is 3. The fourth-order valence-corrected chi connectivity index (χ4v) is 3.57. The van der Waals surface area contributed by atoms with E-state index < -0.39 is 0 Å². The smallest absolute Gasteiger partial charge is 0.220 e. The van der Waals surface area contributed by atoms with E-state index in [1.165, 1.54) is 0 Å². The lowest BCUT2D eigenvalue weighted by Crippen LogP contribution is -2.37. The SMILES string of the molecule is COc1ccc(OCCCC(=O)NC2CCN(c3cc(Cl)ccc3OC)C2)cc1. The molecule has 6 nitrogen and oxygen atoms in total. The lowest BCUT2D eigenvalue weighted by Gasteiger charge is -2.21. The monoisotopic (exact) mass is 418 g/mol. The van der Waals surface area contributed by atoms with Gasteiger partial charge >= 0.3 is 0 Å². The second-order valence-corrected chi connectivity index (χ2v) is 7.38. The van der Waals surface area contributed by atoms with E-state index in [-0.39, 0.29) is 11.9 Å². The summed E-state index contributed by atoms with van der Waals surface area (Å²) in [6.07, 6.45) is 1.99. The predicted octanol–water partition coefficient (Wildman–Crippen LogP) is 3.91. The van der Waals surface area contributed by atoms with E-state index in [4.69, 9.17) is 25.8 Å². The third-order valence-electron chi connectivity index (χ3n) is 4.91. The van der Waals surface area contributed by atoms with Crippen molar-refractivity contribution in [2.75, 3.05) is 38.8 Å². The van der Waals surface area contributed by atoms with Crippen molar-refractivity contribution in [3.63, 3.8) is 0 Å². The molecule has 1 aliphatic rings. The molecule has 0 spiro atoms. The molecule has 2 aromatic carbocycles. The molecule has 0 saturated carbocycles. The van der Waals surface area contributed by atoms with Gasteiger partial charge in [-0.05, 0) is 55.3 Å². The third-order valence-corrected chi connectivity index (χ3v) is 5.15. The van der Waals surface area contributed by atoms with Crippen LogP contribution in [0.5, 0.6) is 17.2 Å². The zero-order valence-corrected chi connectivity index (χ0v) is 17.6. The highest BCUT2D eigenvalue weighted by Crippen LogP contribution is 2.33. The molecule has 0 aliphatic carbocycles. The van der Waals surface area contributed by atoms with E-state index >= 15 is 0 Å². The highest BCUT2D eigenvalue weighted by atomic mass is 35.5. The Morgan fingerprint density at radius 2 is 1.90 bits per heavy atom. The summed E-state index contributed by atoms with van der Waals surface area (Å²) in [6, 6.07) is 13.1. The summed E-state index contributed by atoms with van der Waals surface area (Å²) in [5.41, 5.74) is 0.963. The quantitative estimate of drug-likeness (QED) is 0.625. The topological polar surface area (TPSA) is 60.0 Å². The number of nitrogens with one attached hydrogen (secondary N) is 1. The standard InChI is InChI=1S/C22H27ClN2O4/c1-27-18-6-8-19(9-7-18)29-13-3-4-22(26)24-17-11-12-25(15-17)20-14-16(23)5-10-21(20)28-2/h5-10,14,17H,3-4,11-13,15H2,1-2H3,(H,24,26). The Labute approximate surface area is 176 Å². The molecule has 1 amide bonds. The number of halogens is 1. The van der Waals surface area contributed by atoms with Gasteiger partial charge in [0.15, 0.2) is 0 Å². The largest absolute Gasteiger partial charge is 0.497 e. The van der Waals surface area contributed by atoms with Crippen molar-refractivity contribution in [3.8, 4) is 17.2 Å². The second-order valence-electron chi connectivity index (χ2n) is 6.94. The van der Waals surface area contributed by atoms with E-state index in [1.807, 2.05) is 42.5 Å². The van der Waals surface area contributed by atoms with Crippen molar-refractivity contribution in [1.82, 2.24) is 5.32 Å². The number of carbonyl (C=O) groups is 1. The Bertz CT molecular complexity index is 813. The number of hydrogen-bond acceptors (Lipinski definition) is 5. The maximum absolute atomic E-state index is 12.3. The first-order chi connectivity index (χ1) is 14.1. The van der Waals surface area contributed by atoms with Gasteiger partial charge in [0.25, 0.3) is 0 Å². The van der Waals surface area contributed by atoms with E-state index in [0.29, 0.717) is 24.5 Å². The number of nitrogens with zero attached hydrogens (tertiary/aromatic N) is 1. The summed E-state index contributed by atoms with van der Waals surface area (Å²) >= 11 is 6.13. The minimum absolute atomic E-state index is 0.0493. The summed E-state index contributed by atoms with van der Waals surface area (Å²) in [6.45, 7) is 2.09. The Morgan fingerprint density at radius 1 is 1.14 bits per heavy atom. The summed E-state index contributed by atoms with van der Waals surface area (Å²) in [4.78, 5) is 14.5. The summed E-state index contributed by atoms with van der Waals surface area (Å²) in [5.74, 6) is 2.40. The lowest BCUT2D eigenvalue weighted by molar-refractivity contribution is -0.121. The molecule has 1 atom stereocenters. The maximum Gasteiger partial charge on any atom is 0.220 e. The molecule has 156 valence electrons. The Hall–Kier alpha value is -2.60. The van der Waals surface area contributed by atoms with E-state index in [0.717, 1.165) is 42.4 Å². The molecule has 0 aromatic heterocycles. The first-order valence-electron chi connectivity index (χ1n) is 9.73. The van der Waals surface area contributed by atoms with Gasteiger partial charge in [-0.15, -0.1) is 0 Å². The summed E-state index contributed by atoms with van der Waals surface area (Å²) in [5, 5.41) is 3.79. The number of anilines is 1. The van der Waals surface area contributed by atoms with Crippen molar-refractivity contribution >= 4 is 23.2 Å². The first kappa shape index (κ1) is 21.1. The van der Waals surface area contributed by atoms with Crippen molar-refractivity contribution in [3.05, 3.63) is 47.5 Å². The van der Waals surface area contributed by atoms with Gasteiger partial charge in [-0.25, -0.2) is 0 Å². The van der Waals surface area contributed by atoms with Gasteiger partial charge in [-0.2, -0.15) is 0 Å². The van der Waals surface area contributed by atoms with Crippen LogP contribution in [0, 0.1) is 0 Å². The number of methoxy groups -OCH3 is 2. The molecule has 3 rings (SSSR count). The zero-order valence-electron chi connectivity index (χ0n) is 16.8. The van der Waals surface area contributed by atoms with Crippen LogP contribution in [0.25, 0.3) is 0 Å². The first-order valence-corrected chi connectivity index (χ1v) is 10.1. The average molecular weight is 419 g/mol. The molecule has 1 aliphatic heterocycles. The molecule has 29 heavy (non-hydrogen) atoms. The molecule has 0 radical (unpaired) electrons. The molecule has 1 saturated heterocycles. The summed E-state index contributed by atoms with van der Waals surface area (Å²) in [7, 11) is 3.28. The molecule has 1 unspecified atom stereocenters. The van der Waals surface area contributed by atoms with Gasteiger partial charge in [-0.3, -0.25) is 4.79 Å². The van der Waals surface area contributed by atoms with E-state index in [9.17, 15) is 4.79 Å². The molecule has 2 aromatic rings. The van der Waals surface area contributed by atoms with Crippen molar-refractivity contribution in [1.29, 1.82) is 0 Å². The number of rotatable bonds is 9. The number of hydrogen-bond donors (Lipinski definition) is 1. The molecule has 1 N–H and O–H groups in total. The number of benzene rings is 2. The van der Waals surface area contributed by atoms with Crippen LogP contribution in [0.2, 0.25) is 5.02 Å². The van der Waals surface area contributed by atoms with Crippen LogP contribution in [0.1, 0.15) is 19.3 Å². The van der Waals surface area contributed by atoms with Gasteiger partial charge in [0.2, 0.25) is 5.91 Å². The minimum atomic E-state index is 0.0493. The Morgan fingerprint density at radius 3 is 2.62 bits per heavy atom. The molecule has 0 bridgehead atoms. The van der Waals surface area contributed by atoms with Crippen LogP contribution in [-0.2, 0) is 4.79 Å². The highest BCUT2D eigenvalue weighted by Gasteiger charge is 2.26. The Balaban J connectivity index is 1.39. The normalized spacial score (nSPS) is 15.8. The molecule has 7 heteroatoms. The average Bonchev–Trinajstić information content (AvgIpc) is 3.20. The van der Waals surface area contributed by atoms with Crippen molar-refractivity contribution in [2.45, 2.75) is 25.3 Å². The minimum Gasteiger partial charge on any atom is -0.497 e. The van der Waals surface area contributed by atoms with E-state index in [2.05, 4.69) is 10.2 Å². The molecular weight excluding hydrogens is 392 g/mol. The van der Waals surface area contributed by atoms with Crippen LogP contribution in [0.4, 0.5) is 5.69 Å². The lowest BCUT2D eigenvalue weighted by atomic mass is 10.2. The maximum atomic E-state index is 12.3. The van der Waals surface area contributed by atoms with Gasteiger partial charge in [0.05, 0.1) is 26.5 Å². The molecule has 1 fully saturated rings. The van der Waals surface area contributed by atoms with Gasteiger partial charge in [0.1, 0.15) is 17.2 Å². The van der Waals surface area contributed by atoms with Crippen molar-refractivity contribution in [2.24, 2.45) is 0 Å². The fraction of sp³-hybridized carbons (Fsp3) is 0.409. The highest BCUT2D eigenvalue weighted by molar-refractivity contribution is 6.30. The van der Waals surface area contributed by atoms with Crippen LogP contribution in [0.15, 0.2) is 42.5 Å². The molecule has 1 heterocycles. The summed E-state index contributed by atoms with van der Waals surface area (Å²) < 4.78 is 16.2. The van der Waals surface area contributed by atoms with Crippen molar-refractivity contribution < 1.29 is 19.0 Å². The van der Waals surface area contributed by atoms with Crippen LogP contribution < -0.4 is 24.4 Å². The van der Waals surface area contributed by atoms with Gasteiger partial charge in [-0.1, -0.05) is 11.6 Å². The molecular formula is C22H27ClN2O4. The Kier molecular flexibility index (Phi) is 7.47. The number of carbonyl (C=O) groups excluding carboxylic acids is 1.